The highest BCUT2D eigenvalue weighted by Crippen LogP contribution is 2.11. The lowest BCUT2D eigenvalue weighted by molar-refractivity contribution is 0.927. The lowest BCUT2D eigenvalue weighted by Crippen LogP contribution is -1.99. The molecule has 1 aliphatic carbocycles. The van der Waals surface area contributed by atoms with Crippen LogP contribution in [0.15, 0.2) is 23.8 Å². The molecule has 1 nitrogen and oxygen atoms in total. The molecule has 1 aliphatic rings. The van der Waals surface area contributed by atoms with Crippen LogP contribution in [0.5, 0.6) is 0 Å². The zero-order chi connectivity index (χ0) is 6.53. The second-order valence-electron chi connectivity index (χ2n) is 2.30. The fraction of sp³-hybridized carbons (Fsp3) is 0.500. The summed E-state index contributed by atoms with van der Waals surface area (Å²) in [6, 6.07) is 0. The summed E-state index contributed by atoms with van der Waals surface area (Å²) in [7, 11) is 0. The van der Waals surface area contributed by atoms with Crippen molar-refractivity contribution in [2.24, 2.45) is 5.73 Å². The Hall–Kier alpha value is -0.560. The lowest BCUT2D eigenvalue weighted by Gasteiger charge is -2.03. The first-order valence-electron chi connectivity index (χ1n) is 3.49. The second kappa shape index (κ2) is 3.46. The Labute approximate surface area is 57.7 Å². The Bertz CT molecular complexity index is 138. The van der Waals surface area contributed by atoms with Crippen LogP contribution in [0, 0.1) is 0 Å². The van der Waals surface area contributed by atoms with E-state index in [0.29, 0.717) is 0 Å². The molecule has 0 atom stereocenters. The zero-order valence-electron chi connectivity index (χ0n) is 5.64. The topological polar surface area (TPSA) is 26.0 Å². The number of allylic oxidation sites excluding steroid dienone is 3. The first-order valence-corrected chi connectivity index (χ1v) is 3.49. The normalized spacial score (nSPS) is 17.7. The van der Waals surface area contributed by atoms with Crippen LogP contribution in [0.1, 0.15) is 20.7 Å². The zero-order valence-corrected chi connectivity index (χ0v) is 5.64. The third kappa shape index (κ3) is 2.02. The molecule has 2 N–H and O–H groups in total. The minimum absolute atomic E-state index is 0. The molecule has 0 saturated heterocycles. The number of hydrogen-bond donors (Lipinski definition) is 1. The van der Waals surface area contributed by atoms with Gasteiger partial charge >= 0.3 is 0 Å². The molecule has 0 fully saturated rings. The third-order valence-corrected chi connectivity index (χ3v) is 1.50. The molecule has 0 saturated carbocycles. The average molecular weight is 125 g/mol. The molecule has 0 bridgehead atoms. The van der Waals surface area contributed by atoms with Crippen molar-refractivity contribution < 1.29 is 1.43 Å². The van der Waals surface area contributed by atoms with Crippen LogP contribution in [0.3, 0.4) is 0 Å². The average Bonchev–Trinajstić information content (AvgIpc) is 1.91. The van der Waals surface area contributed by atoms with E-state index in [9.17, 15) is 0 Å². The van der Waals surface area contributed by atoms with Gasteiger partial charge < -0.3 is 5.73 Å². The fourth-order valence-electron chi connectivity index (χ4n) is 1.02. The van der Waals surface area contributed by atoms with Gasteiger partial charge in [-0.1, -0.05) is 23.8 Å². The van der Waals surface area contributed by atoms with E-state index >= 15 is 0 Å². The Kier molecular flexibility index (Phi) is 2.52. The number of rotatable bonds is 2. The largest absolute Gasteiger partial charge is 0.330 e. The van der Waals surface area contributed by atoms with E-state index in [1.165, 1.54) is 18.4 Å². The van der Waals surface area contributed by atoms with Crippen molar-refractivity contribution in [2.45, 2.75) is 19.3 Å². The molecule has 0 amide bonds. The van der Waals surface area contributed by atoms with E-state index in [1.807, 2.05) is 0 Å². The van der Waals surface area contributed by atoms with Gasteiger partial charge in [-0.15, -0.1) is 0 Å². The monoisotopic (exact) mass is 125 g/mol. The Balaban J connectivity index is 0.000000810. The van der Waals surface area contributed by atoms with E-state index in [2.05, 4.69) is 18.2 Å². The maximum absolute atomic E-state index is 5.38. The van der Waals surface area contributed by atoms with Crippen LogP contribution in [-0.4, -0.2) is 6.54 Å². The molecule has 0 spiro atoms. The molecule has 0 heterocycles. The van der Waals surface area contributed by atoms with Crippen LogP contribution < -0.4 is 5.73 Å². The summed E-state index contributed by atoms with van der Waals surface area (Å²) in [5, 5.41) is 0. The van der Waals surface area contributed by atoms with Crippen LogP contribution in [0.4, 0.5) is 0 Å². The Morgan fingerprint density at radius 2 is 2.44 bits per heavy atom. The molecule has 1 rings (SSSR count). The summed E-state index contributed by atoms with van der Waals surface area (Å²) in [6.07, 6.45) is 10.1. The second-order valence-corrected chi connectivity index (χ2v) is 2.30. The van der Waals surface area contributed by atoms with Crippen LogP contribution in [0.25, 0.3) is 0 Å². The van der Waals surface area contributed by atoms with E-state index < -0.39 is 0 Å². The predicted octanol–water partition coefficient (Wildman–Crippen LogP) is 1.86. The van der Waals surface area contributed by atoms with Crippen molar-refractivity contribution in [3.8, 4) is 0 Å². The van der Waals surface area contributed by atoms with Gasteiger partial charge in [0.25, 0.3) is 0 Å². The molecule has 0 aromatic heterocycles. The summed E-state index contributed by atoms with van der Waals surface area (Å²) >= 11 is 0. The maximum Gasteiger partial charge on any atom is 0 e. The van der Waals surface area contributed by atoms with E-state index in [0.717, 1.165) is 13.0 Å². The highest BCUT2D eigenvalue weighted by Gasteiger charge is 1.93. The van der Waals surface area contributed by atoms with Gasteiger partial charge in [0.1, 0.15) is 0 Å². The molecule has 0 aromatic carbocycles. The minimum atomic E-state index is 0. The van der Waals surface area contributed by atoms with Gasteiger partial charge in [-0.3, -0.25) is 0 Å². The smallest absolute Gasteiger partial charge is 0 e. The summed E-state index contributed by atoms with van der Waals surface area (Å²) in [4.78, 5) is 0. The molecule has 0 aromatic rings. The van der Waals surface area contributed by atoms with Crippen LogP contribution in [0.2, 0.25) is 0 Å². The quantitative estimate of drug-likeness (QED) is 0.599. The Morgan fingerprint density at radius 1 is 1.56 bits per heavy atom. The third-order valence-electron chi connectivity index (χ3n) is 1.50. The minimum Gasteiger partial charge on any atom is -0.330 e. The van der Waals surface area contributed by atoms with Gasteiger partial charge in [0.2, 0.25) is 0 Å². The lowest BCUT2D eigenvalue weighted by atomic mass is 10.0. The highest BCUT2D eigenvalue weighted by molar-refractivity contribution is 5.21. The first-order chi connectivity index (χ1) is 4.43. The van der Waals surface area contributed by atoms with Gasteiger partial charge in [-0.05, 0) is 25.8 Å². The molecule has 52 valence electrons. The van der Waals surface area contributed by atoms with Crippen molar-refractivity contribution in [2.75, 3.05) is 6.54 Å². The standard InChI is InChI=1S/C8H13N.H2/c9-7-6-8-4-2-1-3-5-8;/h2,4-5H,1,3,6-7,9H2;1H. The number of nitrogens with two attached hydrogens (primary N) is 1. The van der Waals surface area contributed by atoms with Gasteiger partial charge in [0, 0.05) is 1.43 Å². The van der Waals surface area contributed by atoms with Crippen molar-refractivity contribution in [1.82, 2.24) is 0 Å². The van der Waals surface area contributed by atoms with Crippen LogP contribution in [-0.2, 0) is 0 Å². The number of hydrogen-bond acceptors (Lipinski definition) is 1. The van der Waals surface area contributed by atoms with E-state index in [-0.39, 0.29) is 1.43 Å². The maximum atomic E-state index is 5.38. The van der Waals surface area contributed by atoms with Gasteiger partial charge in [0.05, 0.1) is 0 Å². The van der Waals surface area contributed by atoms with Gasteiger partial charge in [-0.2, -0.15) is 0 Å². The molecule has 0 aliphatic heterocycles. The predicted molar refractivity (Wildman–Crippen MR) is 42.2 cm³/mol. The summed E-state index contributed by atoms with van der Waals surface area (Å²) in [6.45, 7) is 0.774. The SMILES string of the molecule is NCCC1=CCCC=C1.[HH]. The first kappa shape index (κ1) is 6.56. The summed E-state index contributed by atoms with van der Waals surface area (Å²) in [5.41, 5.74) is 6.79. The molecule has 0 radical (unpaired) electrons. The van der Waals surface area contributed by atoms with Gasteiger partial charge in [-0.25, -0.2) is 0 Å². The molecule has 1 heteroatoms. The van der Waals surface area contributed by atoms with E-state index in [4.69, 9.17) is 5.73 Å². The Morgan fingerprint density at radius 3 is 3.00 bits per heavy atom. The van der Waals surface area contributed by atoms with Gasteiger partial charge in [0.15, 0.2) is 0 Å². The molecule has 9 heavy (non-hydrogen) atoms. The fourth-order valence-corrected chi connectivity index (χ4v) is 1.02. The van der Waals surface area contributed by atoms with Crippen molar-refractivity contribution in [3.63, 3.8) is 0 Å². The van der Waals surface area contributed by atoms with Crippen molar-refractivity contribution >= 4 is 0 Å². The highest BCUT2D eigenvalue weighted by atomic mass is 14.5. The molecular weight excluding hydrogens is 110 g/mol. The molecule has 0 unspecified atom stereocenters. The van der Waals surface area contributed by atoms with Crippen LogP contribution >= 0.6 is 0 Å². The summed E-state index contributed by atoms with van der Waals surface area (Å²) < 4.78 is 0. The van der Waals surface area contributed by atoms with Crippen molar-refractivity contribution in [3.05, 3.63) is 23.8 Å². The molecular formula is C8H15N. The summed E-state index contributed by atoms with van der Waals surface area (Å²) in [5.74, 6) is 0. The van der Waals surface area contributed by atoms with E-state index in [1.54, 1.807) is 0 Å². The van der Waals surface area contributed by atoms with Crippen molar-refractivity contribution in [1.29, 1.82) is 0 Å².